The van der Waals surface area contributed by atoms with Crippen LogP contribution in [0.25, 0.3) is 0 Å². The zero-order chi connectivity index (χ0) is 11.2. The van der Waals surface area contributed by atoms with Crippen molar-refractivity contribution in [2.75, 3.05) is 13.2 Å². The molecule has 1 fully saturated rings. The number of aliphatic hydroxyl groups is 1. The lowest BCUT2D eigenvalue weighted by atomic mass is 10.2. The molecule has 16 heavy (non-hydrogen) atoms. The lowest BCUT2D eigenvalue weighted by Gasteiger charge is -2.23. The minimum atomic E-state index is -0.489. The van der Waals surface area contributed by atoms with E-state index in [1.54, 1.807) is 17.5 Å². The van der Waals surface area contributed by atoms with Crippen LogP contribution in [0, 0.1) is 0 Å². The molecular formula is C11H17NO3S. The molecular weight excluding hydrogens is 226 g/mol. The van der Waals surface area contributed by atoms with Crippen molar-refractivity contribution in [2.45, 2.75) is 38.1 Å². The van der Waals surface area contributed by atoms with Crippen molar-refractivity contribution in [2.24, 2.45) is 0 Å². The van der Waals surface area contributed by atoms with Gasteiger partial charge in [-0.3, -0.25) is 0 Å². The molecule has 1 aromatic heterocycles. The molecule has 2 rings (SSSR count). The molecule has 1 aliphatic rings. The van der Waals surface area contributed by atoms with Crippen LogP contribution < -0.4 is 0 Å². The number of ether oxygens (including phenoxy) is 2. The van der Waals surface area contributed by atoms with Crippen LogP contribution in [-0.4, -0.2) is 35.7 Å². The average molecular weight is 243 g/mol. The lowest BCUT2D eigenvalue weighted by Crippen LogP contribution is -2.27. The third-order valence-corrected chi connectivity index (χ3v) is 3.31. The van der Waals surface area contributed by atoms with Gasteiger partial charge in [-0.25, -0.2) is 4.98 Å². The van der Waals surface area contributed by atoms with E-state index in [1.165, 1.54) is 0 Å². The van der Waals surface area contributed by atoms with Gasteiger partial charge in [0.25, 0.3) is 0 Å². The van der Waals surface area contributed by atoms with Crippen molar-refractivity contribution in [3.63, 3.8) is 0 Å². The van der Waals surface area contributed by atoms with Crippen molar-refractivity contribution in [3.8, 4) is 0 Å². The van der Waals surface area contributed by atoms with Gasteiger partial charge in [-0.15, -0.1) is 11.3 Å². The van der Waals surface area contributed by atoms with Gasteiger partial charge in [-0.2, -0.15) is 0 Å². The number of aliphatic hydroxyl groups excluding tert-OH is 1. The first-order valence-electron chi connectivity index (χ1n) is 5.64. The van der Waals surface area contributed by atoms with Crippen molar-refractivity contribution in [3.05, 3.63) is 16.6 Å². The topological polar surface area (TPSA) is 51.6 Å². The fourth-order valence-corrected chi connectivity index (χ4v) is 2.36. The van der Waals surface area contributed by atoms with E-state index in [2.05, 4.69) is 4.98 Å². The van der Waals surface area contributed by atoms with Gasteiger partial charge in [0.2, 0.25) is 0 Å². The molecule has 0 radical (unpaired) electrons. The Kier molecular flexibility index (Phi) is 4.71. The van der Waals surface area contributed by atoms with Crippen molar-refractivity contribution >= 4 is 11.3 Å². The largest absolute Gasteiger partial charge is 0.390 e. The van der Waals surface area contributed by atoms with Gasteiger partial charge >= 0.3 is 0 Å². The number of aromatic nitrogens is 1. The molecule has 1 saturated heterocycles. The molecule has 1 aliphatic heterocycles. The van der Waals surface area contributed by atoms with E-state index in [-0.39, 0.29) is 6.29 Å². The Labute approximate surface area is 99.2 Å². The Morgan fingerprint density at radius 3 is 3.25 bits per heavy atom. The maximum absolute atomic E-state index is 9.74. The van der Waals surface area contributed by atoms with Crippen molar-refractivity contribution < 1.29 is 14.6 Å². The second kappa shape index (κ2) is 6.30. The van der Waals surface area contributed by atoms with Gasteiger partial charge in [0.05, 0.1) is 17.7 Å². The Hall–Kier alpha value is -0.490. The molecule has 0 aromatic carbocycles. The van der Waals surface area contributed by atoms with Gasteiger partial charge in [-0.1, -0.05) is 0 Å². The third-order valence-electron chi connectivity index (χ3n) is 2.51. The molecule has 1 N–H and O–H groups in total. The van der Waals surface area contributed by atoms with Crippen LogP contribution in [0.1, 0.15) is 24.3 Å². The predicted octanol–water partition coefficient (Wildman–Crippen LogP) is 1.59. The zero-order valence-corrected chi connectivity index (χ0v) is 9.99. The molecule has 90 valence electrons. The summed E-state index contributed by atoms with van der Waals surface area (Å²) < 4.78 is 10.9. The number of thiazole rings is 1. The van der Waals surface area contributed by atoms with Gasteiger partial charge in [0.15, 0.2) is 6.29 Å². The first-order valence-corrected chi connectivity index (χ1v) is 6.52. The minimum absolute atomic E-state index is 0.125. The van der Waals surface area contributed by atoms with E-state index in [0.717, 1.165) is 30.9 Å². The van der Waals surface area contributed by atoms with Crippen LogP contribution >= 0.6 is 11.3 Å². The fourth-order valence-electron chi connectivity index (χ4n) is 1.68. The molecule has 2 unspecified atom stereocenters. The summed E-state index contributed by atoms with van der Waals surface area (Å²) in [4.78, 5) is 4.12. The lowest BCUT2D eigenvalue weighted by molar-refractivity contribution is -0.174. The first-order chi connectivity index (χ1) is 7.84. The van der Waals surface area contributed by atoms with Gasteiger partial charge in [-0.05, 0) is 19.3 Å². The van der Waals surface area contributed by atoms with Crippen LogP contribution in [0.4, 0.5) is 0 Å². The van der Waals surface area contributed by atoms with E-state index in [9.17, 15) is 5.11 Å². The van der Waals surface area contributed by atoms with Crippen LogP contribution in [0.5, 0.6) is 0 Å². The number of hydrogen-bond acceptors (Lipinski definition) is 5. The molecule has 1 aromatic rings. The summed E-state index contributed by atoms with van der Waals surface area (Å²) in [5.74, 6) is 0. The quantitative estimate of drug-likeness (QED) is 0.853. The van der Waals surface area contributed by atoms with Crippen LogP contribution in [-0.2, 0) is 15.9 Å². The molecule has 0 aliphatic carbocycles. The Morgan fingerprint density at radius 2 is 2.56 bits per heavy atom. The summed E-state index contributed by atoms with van der Waals surface area (Å²) in [6.07, 6.45) is 4.89. The molecule has 0 amide bonds. The van der Waals surface area contributed by atoms with Crippen molar-refractivity contribution in [1.29, 1.82) is 0 Å². The maximum Gasteiger partial charge on any atom is 0.157 e. The summed E-state index contributed by atoms with van der Waals surface area (Å²) in [5, 5.41) is 12.6. The molecule has 4 nitrogen and oxygen atoms in total. The Bertz CT molecular complexity index is 285. The normalized spacial score (nSPS) is 23.2. The predicted molar refractivity (Wildman–Crippen MR) is 61.4 cm³/mol. The number of nitrogens with zero attached hydrogens (tertiary/aromatic N) is 1. The SMILES string of the molecule is OC(COC1CCCCO1)Cc1nccs1. The number of rotatable bonds is 5. The minimum Gasteiger partial charge on any atom is -0.390 e. The van der Waals surface area contributed by atoms with Gasteiger partial charge < -0.3 is 14.6 Å². The summed E-state index contributed by atoms with van der Waals surface area (Å²) in [6, 6.07) is 0. The molecule has 2 heterocycles. The van der Waals surface area contributed by atoms with Gasteiger partial charge in [0.1, 0.15) is 0 Å². The molecule has 5 heteroatoms. The maximum atomic E-state index is 9.74. The zero-order valence-electron chi connectivity index (χ0n) is 9.17. The highest BCUT2D eigenvalue weighted by Gasteiger charge is 2.16. The number of hydrogen-bond donors (Lipinski definition) is 1. The summed E-state index contributed by atoms with van der Waals surface area (Å²) >= 11 is 1.55. The highest BCUT2D eigenvalue weighted by atomic mass is 32.1. The fraction of sp³-hybridized carbons (Fsp3) is 0.727. The molecule has 0 saturated carbocycles. The first kappa shape index (κ1) is 12.0. The van der Waals surface area contributed by atoms with E-state index in [0.29, 0.717) is 13.0 Å². The standard InChI is InChI=1S/C11H17NO3S/c13-9(7-10-12-4-6-16-10)8-15-11-3-1-2-5-14-11/h4,6,9,11,13H,1-3,5,7-8H2. The summed E-state index contributed by atoms with van der Waals surface area (Å²) in [5.41, 5.74) is 0. The average Bonchev–Trinajstić information content (AvgIpc) is 2.81. The van der Waals surface area contributed by atoms with Gasteiger partial charge in [0, 0.05) is 24.6 Å². The molecule has 0 bridgehead atoms. The van der Waals surface area contributed by atoms with E-state index >= 15 is 0 Å². The summed E-state index contributed by atoms with van der Waals surface area (Å²) in [7, 11) is 0. The Morgan fingerprint density at radius 1 is 1.62 bits per heavy atom. The van der Waals surface area contributed by atoms with E-state index in [4.69, 9.17) is 9.47 Å². The third kappa shape index (κ3) is 3.83. The highest BCUT2D eigenvalue weighted by Crippen LogP contribution is 2.14. The molecule has 2 atom stereocenters. The van der Waals surface area contributed by atoms with Crippen LogP contribution in [0.15, 0.2) is 11.6 Å². The smallest absolute Gasteiger partial charge is 0.157 e. The van der Waals surface area contributed by atoms with Crippen LogP contribution in [0.3, 0.4) is 0 Å². The monoisotopic (exact) mass is 243 g/mol. The molecule has 0 spiro atoms. The second-order valence-corrected chi connectivity index (χ2v) is 4.89. The Balaban J connectivity index is 1.65. The van der Waals surface area contributed by atoms with Crippen LogP contribution in [0.2, 0.25) is 0 Å². The van der Waals surface area contributed by atoms with E-state index in [1.807, 2.05) is 5.38 Å². The highest BCUT2D eigenvalue weighted by molar-refractivity contribution is 7.09. The van der Waals surface area contributed by atoms with Crippen molar-refractivity contribution in [1.82, 2.24) is 4.98 Å². The van der Waals surface area contributed by atoms with E-state index < -0.39 is 6.10 Å². The second-order valence-electron chi connectivity index (χ2n) is 3.91. The summed E-state index contributed by atoms with van der Waals surface area (Å²) in [6.45, 7) is 1.09.